The molecular formula is C16H25N3. The molecule has 0 amide bonds. The van der Waals surface area contributed by atoms with Crippen LogP contribution in [0.15, 0.2) is 24.5 Å². The van der Waals surface area contributed by atoms with E-state index in [2.05, 4.69) is 40.8 Å². The van der Waals surface area contributed by atoms with Gasteiger partial charge in [-0.25, -0.2) is 0 Å². The standard InChI is InChI=1S/C16H25N3/c1-13(2)18-9-5-16(6-10-18)19-11-15(12-19)14-3-7-17-8-4-14/h3-4,7-8,13,15-16H,5-6,9-12H2,1-2H3. The van der Waals surface area contributed by atoms with Gasteiger partial charge in [0.2, 0.25) is 0 Å². The van der Waals surface area contributed by atoms with Gasteiger partial charge in [-0.05, 0) is 57.5 Å². The third kappa shape index (κ3) is 2.82. The number of hydrogen-bond donors (Lipinski definition) is 0. The molecule has 1 aromatic rings. The molecule has 0 unspecified atom stereocenters. The molecule has 0 spiro atoms. The van der Waals surface area contributed by atoms with Crippen LogP contribution in [-0.4, -0.2) is 53.0 Å². The van der Waals surface area contributed by atoms with E-state index in [0.717, 1.165) is 12.0 Å². The van der Waals surface area contributed by atoms with Crippen molar-refractivity contribution in [3.05, 3.63) is 30.1 Å². The quantitative estimate of drug-likeness (QED) is 0.830. The maximum atomic E-state index is 4.10. The first kappa shape index (κ1) is 13.1. The van der Waals surface area contributed by atoms with Gasteiger partial charge in [-0.3, -0.25) is 9.88 Å². The molecule has 3 nitrogen and oxygen atoms in total. The highest BCUT2D eigenvalue weighted by atomic mass is 15.2. The number of piperidine rings is 1. The molecule has 0 aromatic carbocycles. The Morgan fingerprint density at radius 1 is 1.11 bits per heavy atom. The molecule has 0 N–H and O–H groups in total. The van der Waals surface area contributed by atoms with E-state index in [1.165, 1.54) is 44.6 Å². The summed E-state index contributed by atoms with van der Waals surface area (Å²) in [5, 5.41) is 0. The van der Waals surface area contributed by atoms with Crippen LogP contribution < -0.4 is 0 Å². The number of rotatable bonds is 3. The lowest BCUT2D eigenvalue weighted by atomic mass is 9.88. The number of hydrogen-bond acceptors (Lipinski definition) is 3. The highest BCUT2D eigenvalue weighted by molar-refractivity contribution is 5.20. The van der Waals surface area contributed by atoms with Crippen LogP contribution in [-0.2, 0) is 0 Å². The monoisotopic (exact) mass is 259 g/mol. The molecule has 0 saturated carbocycles. The second kappa shape index (κ2) is 5.59. The smallest absolute Gasteiger partial charge is 0.0270 e. The van der Waals surface area contributed by atoms with E-state index >= 15 is 0 Å². The van der Waals surface area contributed by atoms with Crippen LogP contribution in [0.3, 0.4) is 0 Å². The van der Waals surface area contributed by atoms with Gasteiger partial charge in [-0.15, -0.1) is 0 Å². The third-order valence-corrected chi connectivity index (χ3v) is 4.83. The zero-order valence-electron chi connectivity index (χ0n) is 12.1. The molecule has 2 fully saturated rings. The van der Waals surface area contributed by atoms with E-state index in [0.29, 0.717) is 6.04 Å². The minimum absolute atomic E-state index is 0.710. The first-order valence-corrected chi connectivity index (χ1v) is 7.62. The van der Waals surface area contributed by atoms with Gasteiger partial charge in [0.1, 0.15) is 0 Å². The zero-order chi connectivity index (χ0) is 13.2. The fraction of sp³-hybridized carbons (Fsp3) is 0.688. The Kier molecular flexibility index (Phi) is 3.85. The molecular weight excluding hydrogens is 234 g/mol. The van der Waals surface area contributed by atoms with E-state index in [1.54, 1.807) is 0 Å². The first-order valence-electron chi connectivity index (χ1n) is 7.62. The van der Waals surface area contributed by atoms with Crippen LogP contribution in [0.2, 0.25) is 0 Å². The van der Waals surface area contributed by atoms with Gasteiger partial charge in [0.15, 0.2) is 0 Å². The predicted octanol–water partition coefficient (Wildman–Crippen LogP) is 2.35. The normalized spacial score (nSPS) is 23.7. The number of pyridine rings is 1. The summed E-state index contributed by atoms with van der Waals surface area (Å²) in [6.45, 7) is 9.66. The summed E-state index contributed by atoms with van der Waals surface area (Å²) in [4.78, 5) is 9.39. The van der Waals surface area contributed by atoms with Crippen molar-refractivity contribution in [2.24, 2.45) is 0 Å². The van der Waals surface area contributed by atoms with Crippen molar-refractivity contribution in [2.45, 2.75) is 44.7 Å². The summed E-state index contributed by atoms with van der Waals surface area (Å²) < 4.78 is 0. The molecule has 0 aliphatic carbocycles. The fourth-order valence-corrected chi connectivity index (χ4v) is 3.42. The molecule has 2 aliphatic rings. The predicted molar refractivity (Wildman–Crippen MR) is 78.3 cm³/mol. The maximum Gasteiger partial charge on any atom is 0.0270 e. The van der Waals surface area contributed by atoms with E-state index in [-0.39, 0.29) is 0 Å². The average Bonchev–Trinajstić information content (AvgIpc) is 2.39. The Labute approximate surface area is 116 Å². The molecule has 19 heavy (non-hydrogen) atoms. The van der Waals surface area contributed by atoms with Gasteiger partial charge in [0, 0.05) is 43.5 Å². The number of aromatic nitrogens is 1. The van der Waals surface area contributed by atoms with Crippen LogP contribution in [0.25, 0.3) is 0 Å². The van der Waals surface area contributed by atoms with Gasteiger partial charge >= 0.3 is 0 Å². The summed E-state index contributed by atoms with van der Waals surface area (Å²) >= 11 is 0. The van der Waals surface area contributed by atoms with Crippen molar-refractivity contribution in [2.75, 3.05) is 26.2 Å². The second-order valence-corrected chi connectivity index (χ2v) is 6.29. The van der Waals surface area contributed by atoms with Gasteiger partial charge in [0.25, 0.3) is 0 Å². The Morgan fingerprint density at radius 3 is 2.32 bits per heavy atom. The molecule has 0 bridgehead atoms. The van der Waals surface area contributed by atoms with Crippen molar-refractivity contribution in [1.82, 2.24) is 14.8 Å². The number of likely N-dealkylation sites (tertiary alicyclic amines) is 2. The minimum Gasteiger partial charge on any atom is -0.301 e. The SMILES string of the molecule is CC(C)N1CCC(N2CC(c3ccncc3)C2)CC1. The van der Waals surface area contributed by atoms with Gasteiger partial charge in [0.05, 0.1) is 0 Å². The second-order valence-electron chi connectivity index (χ2n) is 6.29. The van der Waals surface area contributed by atoms with Crippen molar-refractivity contribution in [1.29, 1.82) is 0 Å². The van der Waals surface area contributed by atoms with Crippen LogP contribution >= 0.6 is 0 Å². The topological polar surface area (TPSA) is 19.4 Å². The van der Waals surface area contributed by atoms with Crippen LogP contribution in [0.1, 0.15) is 38.2 Å². The Bertz CT molecular complexity index is 390. The molecule has 0 atom stereocenters. The molecule has 3 heterocycles. The molecule has 0 radical (unpaired) electrons. The lowest BCUT2D eigenvalue weighted by Gasteiger charge is -2.48. The summed E-state index contributed by atoms with van der Waals surface area (Å²) in [6, 6.07) is 5.88. The Balaban J connectivity index is 1.47. The molecule has 2 saturated heterocycles. The summed E-state index contributed by atoms with van der Waals surface area (Å²) in [6.07, 6.45) is 6.53. The molecule has 3 heteroatoms. The lowest BCUT2D eigenvalue weighted by Crippen LogP contribution is -2.54. The van der Waals surface area contributed by atoms with Crippen molar-refractivity contribution in [3.63, 3.8) is 0 Å². The van der Waals surface area contributed by atoms with Gasteiger partial charge in [-0.2, -0.15) is 0 Å². The van der Waals surface area contributed by atoms with E-state index < -0.39 is 0 Å². The van der Waals surface area contributed by atoms with E-state index in [1.807, 2.05) is 12.4 Å². The Morgan fingerprint density at radius 2 is 1.74 bits per heavy atom. The van der Waals surface area contributed by atoms with E-state index in [9.17, 15) is 0 Å². The fourth-order valence-electron chi connectivity index (χ4n) is 3.42. The van der Waals surface area contributed by atoms with Crippen molar-refractivity contribution in [3.8, 4) is 0 Å². The third-order valence-electron chi connectivity index (χ3n) is 4.83. The Hall–Kier alpha value is -0.930. The molecule has 2 aliphatic heterocycles. The minimum atomic E-state index is 0.710. The summed E-state index contributed by atoms with van der Waals surface area (Å²) in [7, 11) is 0. The lowest BCUT2D eigenvalue weighted by molar-refractivity contribution is 0.0392. The number of nitrogens with zero attached hydrogens (tertiary/aromatic N) is 3. The molecule has 1 aromatic heterocycles. The molecule has 3 rings (SSSR count). The van der Waals surface area contributed by atoms with Crippen LogP contribution in [0, 0.1) is 0 Å². The summed E-state index contributed by atoms with van der Waals surface area (Å²) in [5.74, 6) is 0.742. The summed E-state index contributed by atoms with van der Waals surface area (Å²) in [5.41, 5.74) is 1.46. The van der Waals surface area contributed by atoms with Crippen LogP contribution in [0.5, 0.6) is 0 Å². The largest absolute Gasteiger partial charge is 0.301 e. The first-order chi connectivity index (χ1) is 9.24. The van der Waals surface area contributed by atoms with Crippen molar-refractivity contribution < 1.29 is 0 Å². The van der Waals surface area contributed by atoms with E-state index in [4.69, 9.17) is 0 Å². The molecule has 104 valence electrons. The van der Waals surface area contributed by atoms with Crippen molar-refractivity contribution >= 4 is 0 Å². The maximum absolute atomic E-state index is 4.10. The zero-order valence-corrected chi connectivity index (χ0v) is 12.1. The highest BCUT2D eigenvalue weighted by Crippen LogP contribution is 2.31. The van der Waals surface area contributed by atoms with Crippen LogP contribution in [0.4, 0.5) is 0 Å². The average molecular weight is 259 g/mol. The van der Waals surface area contributed by atoms with Gasteiger partial charge in [-0.1, -0.05) is 0 Å². The van der Waals surface area contributed by atoms with Gasteiger partial charge < -0.3 is 4.90 Å². The highest BCUT2D eigenvalue weighted by Gasteiger charge is 2.34.